The standard InChI is InChI=1S/C30H37FN8O4/c1-16-21(32-17(2)27(16)36-26(40)15-39-9-7-38(6)8-10-39)12-19-18-11-20(31)23(13-22(18)33-28(19)41)34-29(42)35-25-14-24(43-37-25)30(3,4)5/h11-14,32H,7-10,15H2,1-6H3,(H,33,41)(H,36,40)(H2,34,35,37,42). The zero-order valence-electron chi connectivity index (χ0n) is 25.2. The minimum Gasteiger partial charge on any atom is -0.359 e. The molecule has 0 saturated carbocycles. The van der Waals surface area contributed by atoms with Crippen LogP contribution in [0, 0.1) is 19.7 Å². The number of hydrogen-bond donors (Lipinski definition) is 5. The van der Waals surface area contributed by atoms with E-state index >= 15 is 4.39 Å². The van der Waals surface area contributed by atoms with Crippen LogP contribution in [0.15, 0.2) is 22.7 Å². The van der Waals surface area contributed by atoms with E-state index < -0.39 is 17.8 Å². The summed E-state index contributed by atoms with van der Waals surface area (Å²) in [6.07, 6.45) is 1.64. The van der Waals surface area contributed by atoms with Crippen molar-refractivity contribution in [1.82, 2.24) is 19.9 Å². The summed E-state index contributed by atoms with van der Waals surface area (Å²) < 4.78 is 20.4. The summed E-state index contributed by atoms with van der Waals surface area (Å²) in [7, 11) is 2.07. The van der Waals surface area contributed by atoms with Crippen molar-refractivity contribution in [2.45, 2.75) is 40.0 Å². The molecule has 0 aliphatic carbocycles. The molecule has 4 heterocycles. The van der Waals surface area contributed by atoms with Crippen molar-refractivity contribution in [1.29, 1.82) is 0 Å². The number of nitrogens with one attached hydrogen (secondary N) is 5. The van der Waals surface area contributed by atoms with Gasteiger partial charge in [-0.15, -0.1) is 0 Å². The number of urea groups is 1. The lowest BCUT2D eigenvalue weighted by molar-refractivity contribution is -0.117. The van der Waals surface area contributed by atoms with Crippen LogP contribution >= 0.6 is 0 Å². The molecular formula is C30H37FN8O4. The minimum atomic E-state index is -0.719. The smallest absolute Gasteiger partial charge is 0.325 e. The Morgan fingerprint density at radius 2 is 1.81 bits per heavy atom. The second kappa shape index (κ2) is 11.7. The number of anilines is 4. The van der Waals surface area contributed by atoms with E-state index in [0.717, 1.165) is 37.4 Å². The number of hydrogen-bond acceptors (Lipinski definition) is 7. The van der Waals surface area contributed by atoms with Crippen LogP contribution in [0.2, 0.25) is 0 Å². The van der Waals surface area contributed by atoms with Crippen LogP contribution in [0.25, 0.3) is 11.6 Å². The van der Waals surface area contributed by atoms with Gasteiger partial charge in [-0.25, -0.2) is 9.18 Å². The number of aromatic amines is 1. The summed E-state index contributed by atoms with van der Waals surface area (Å²) in [6.45, 7) is 13.3. The highest BCUT2D eigenvalue weighted by molar-refractivity contribution is 6.35. The lowest BCUT2D eigenvalue weighted by Gasteiger charge is -2.31. The van der Waals surface area contributed by atoms with E-state index in [2.05, 4.69) is 48.3 Å². The maximum atomic E-state index is 15.1. The van der Waals surface area contributed by atoms with Crippen molar-refractivity contribution in [2.75, 3.05) is 61.0 Å². The van der Waals surface area contributed by atoms with Gasteiger partial charge in [0.25, 0.3) is 5.91 Å². The number of carbonyl (C=O) groups is 3. The maximum absolute atomic E-state index is 15.1. The molecule has 2 aromatic heterocycles. The first-order valence-corrected chi connectivity index (χ1v) is 14.1. The summed E-state index contributed by atoms with van der Waals surface area (Å²) in [6, 6.07) is 3.45. The summed E-state index contributed by atoms with van der Waals surface area (Å²) in [4.78, 5) is 45.8. The van der Waals surface area contributed by atoms with E-state index in [1.165, 1.54) is 12.1 Å². The first-order chi connectivity index (χ1) is 20.3. The van der Waals surface area contributed by atoms with E-state index in [4.69, 9.17) is 4.52 Å². The number of halogens is 1. The molecule has 0 bridgehead atoms. The number of H-pyrrole nitrogens is 1. The van der Waals surface area contributed by atoms with Gasteiger partial charge in [0.05, 0.1) is 29.2 Å². The highest BCUT2D eigenvalue weighted by Crippen LogP contribution is 2.38. The Kier molecular flexibility index (Phi) is 8.12. The fraction of sp³-hybridized carbons (Fsp3) is 0.400. The van der Waals surface area contributed by atoms with Crippen LogP contribution in [-0.4, -0.2) is 77.6 Å². The summed E-state index contributed by atoms with van der Waals surface area (Å²) in [5, 5.41) is 14.5. The van der Waals surface area contributed by atoms with E-state index in [1.54, 1.807) is 12.1 Å². The summed E-state index contributed by atoms with van der Waals surface area (Å²) in [5.41, 5.74) is 3.33. The number of aromatic nitrogens is 2. The zero-order chi connectivity index (χ0) is 31.1. The van der Waals surface area contributed by atoms with Crippen molar-refractivity contribution >= 4 is 52.4 Å². The second-order valence-electron chi connectivity index (χ2n) is 12.1. The van der Waals surface area contributed by atoms with Gasteiger partial charge in [-0.1, -0.05) is 25.9 Å². The molecule has 1 fully saturated rings. The molecule has 0 radical (unpaired) electrons. The monoisotopic (exact) mass is 592 g/mol. The average molecular weight is 593 g/mol. The van der Waals surface area contributed by atoms with Crippen LogP contribution in [-0.2, 0) is 15.0 Å². The number of nitrogens with zero attached hydrogens (tertiary/aromatic N) is 3. The number of fused-ring (bicyclic) bond motifs is 1. The molecule has 0 spiro atoms. The normalized spacial score (nSPS) is 16.7. The van der Waals surface area contributed by atoms with Gasteiger partial charge in [0, 0.05) is 54.6 Å². The molecule has 2 aliphatic rings. The predicted octanol–water partition coefficient (Wildman–Crippen LogP) is 4.38. The number of carbonyl (C=O) groups excluding carboxylic acids is 3. The fourth-order valence-electron chi connectivity index (χ4n) is 5.05. The van der Waals surface area contributed by atoms with Gasteiger partial charge >= 0.3 is 6.03 Å². The number of rotatable bonds is 6. The molecule has 43 heavy (non-hydrogen) atoms. The number of likely N-dealkylation sites (N-methyl/N-ethyl adjacent to an activating group) is 1. The quantitative estimate of drug-likeness (QED) is 0.267. The molecular weight excluding hydrogens is 555 g/mol. The van der Waals surface area contributed by atoms with Crippen molar-refractivity contribution in [2.24, 2.45) is 0 Å². The lowest BCUT2D eigenvalue weighted by Crippen LogP contribution is -2.47. The number of benzene rings is 1. The van der Waals surface area contributed by atoms with E-state index in [0.29, 0.717) is 34.9 Å². The van der Waals surface area contributed by atoms with Crippen LogP contribution in [0.5, 0.6) is 0 Å². The minimum absolute atomic E-state index is 0.109. The van der Waals surface area contributed by atoms with Gasteiger partial charge in [-0.2, -0.15) is 0 Å². The summed E-state index contributed by atoms with van der Waals surface area (Å²) in [5.74, 6) is -0.471. The third kappa shape index (κ3) is 6.62. The van der Waals surface area contributed by atoms with Crippen molar-refractivity contribution < 1.29 is 23.3 Å². The lowest BCUT2D eigenvalue weighted by atomic mass is 9.93. The molecule has 13 heteroatoms. The van der Waals surface area contributed by atoms with E-state index in [1.807, 2.05) is 34.6 Å². The van der Waals surface area contributed by atoms with Crippen LogP contribution in [0.3, 0.4) is 0 Å². The van der Waals surface area contributed by atoms with Crippen molar-refractivity contribution in [3.63, 3.8) is 0 Å². The van der Waals surface area contributed by atoms with Gasteiger partial charge in [0.1, 0.15) is 11.6 Å². The Hall–Kier alpha value is -4.49. The fourth-order valence-corrected chi connectivity index (χ4v) is 5.05. The molecule has 2 aliphatic heterocycles. The molecule has 12 nitrogen and oxygen atoms in total. The third-order valence-electron chi connectivity index (χ3n) is 7.62. The highest BCUT2D eigenvalue weighted by Gasteiger charge is 2.28. The highest BCUT2D eigenvalue weighted by atomic mass is 19.1. The number of piperazine rings is 1. The molecule has 228 valence electrons. The number of aryl methyl sites for hydroxylation is 1. The van der Waals surface area contributed by atoms with Crippen LogP contribution < -0.4 is 21.3 Å². The van der Waals surface area contributed by atoms with Crippen LogP contribution in [0.1, 0.15) is 49.0 Å². The Morgan fingerprint density at radius 3 is 2.49 bits per heavy atom. The van der Waals surface area contributed by atoms with Gasteiger partial charge in [0.2, 0.25) is 5.91 Å². The van der Waals surface area contributed by atoms with Crippen molar-refractivity contribution in [3.05, 3.63) is 52.3 Å². The first kappa shape index (κ1) is 30.0. The predicted molar refractivity (Wildman–Crippen MR) is 164 cm³/mol. The molecule has 1 saturated heterocycles. The molecule has 5 rings (SSSR count). The Labute approximate surface area is 249 Å². The second-order valence-corrected chi connectivity index (χ2v) is 12.1. The largest absolute Gasteiger partial charge is 0.359 e. The molecule has 0 unspecified atom stereocenters. The first-order valence-electron chi connectivity index (χ1n) is 14.1. The van der Waals surface area contributed by atoms with Gasteiger partial charge in [0.15, 0.2) is 5.82 Å². The van der Waals surface area contributed by atoms with E-state index in [9.17, 15) is 14.4 Å². The topological polar surface area (TPSA) is 148 Å². The Balaban J connectivity index is 1.29. The molecule has 3 aromatic rings. The van der Waals surface area contributed by atoms with Crippen LogP contribution in [0.4, 0.5) is 32.1 Å². The van der Waals surface area contributed by atoms with Crippen molar-refractivity contribution in [3.8, 4) is 0 Å². The maximum Gasteiger partial charge on any atom is 0.325 e. The average Bonchev–Trinajstić information content (AvgIpc) is 3.59. The molecule has 5 N–H and O–H groups in total. The molecule has 0 atom stereocenters. The zero-order valence-corrected chi connectivity index (χ0v) is 25.2. The Bertz CT molecular complexity index is 1610. The Morgan fingerprint density at radius 1 is 1.09 bits per heavy atom. The molecule has 1 aromatic carbocycles. The van der Waals surface area contributed by atoms with Gasteiger partial charge in [-0.3, -0.25) is 19.8 Å². The van der Waals surface area contributed by atoms with Gasteiger partial charge in [-0.05, 0) is 44.7 Å². The van der Waals surface area contributed by atoms with Gasteiger partial charge < -0.3 is 30.4 Å². The SMILES string of the molecule is Cc1[nH]c(C=C2C(=O)Nc3cc(NC(=O)Nc4cc(C(C)(C)C)on4)c(F)cc32)c(C)c1NC(=O)CN1CCN(C)CC1. The van der Waals surface area contributed by atoms with E-state index in [-0.39, 0.29) is 28.4 Å². The molecule has 4 amide bonds. The number of amides is 4. The third-order valence-corrected chi connectivity index (χ3v) is 7.62. The summed E-state index contributed by atoms with van der Waals surface area (Å²) >= 11 is 0.